The zero-order valence-electron chi connectivity index (χ0n) is 14.8. The van der Waals surface area contributed by atoms with E-state index in [-0.39, 0.29) is 5.91 Å². The Kier molecular flexibility index (Phi) is 4.85. The van der Waals surface area contributed by atoms with Gasteiger partial charge in [0.2, 0.25) is 0 Å². The van der Waals surface area contributed by atoms with Crippen LogP contribution in [0.15, 0.2) is 72.8 Å². The first-order chi connectivity index (χ1) is 13.2. The van der Waals surface area contributed by atoms with E-state index in [1.807, 2.05) is 49.4 Å². The average Bonchev–Trinajstić information content (AvgIpc) is 3.13. The van der Waals surface area contributed by atoms with Crippen LogP contribution in [0.1, 0.15) is 17.3 Å². The van der Waals surface area contributed by atoms with E-state index in [0.717, 1.165) is 27.5 Å². The van der Waals surface area contributed by atoms with Crippen LogP contribution in [-0.2, 0) is 0 Å². The molecule has 0 atom stereocenters. The molecule has 1 N–H and O–H groups in total. The number of ether oxygens (including phenoxy) is 1. The quantitative estimate of drug-likeness (QED) is 0.494. The van der Waals surface area contributed by atoms with Crippen molar-refractivity contribution in [3.05, 3.63) is 78.4 Å². The molecule has 0 saturated carbocycles. The summed E-state index contributed by atoms with van der Waals surface area (Å²) in [5.74, 6) is 0.611. The predicted octanol–water partition coefficient (Wildman–Crippen LogP) is 5.61. The molecule has 1 aromatic heterocycles. The fraction of sp³-hybridized carbons (Fsp3) is 0.0909. The number of amides is 1. The van der Waals surface area contributed by atoms with Crippen LogP contribution in [0.5, 0.6) is 5.75 Å². The fourth-order valence-corrected chi connectivity index (χ4v) is 3.74. The molecule has 0 aliphatic rings. The van der Waals surface area contributed by atoms with Gasteiger partial charge in [-0.05, 0) is 67.6 Å². The smallest absolute Gasteiger partial charge is 0.255 e. The monoisotopic (exact) mass is 374 g/mol. The van der Waals surface area contributed by atoms with E-state index in [1.54, 1.807) is 35.6 Å². The Bertz CT molecular complexity index is 1040. The Labute approximate surface area is 161 Å². The number of carbonyl (C=O) groups is 1. The molecule has 1 heterocycles. The zero-order valence-corrected chi connectivity index (χ0v) is 15.6. The lowest BCUT2D eigenvalue weighted by molar-refractivity contribution is 0.102. The standard InChI is InChI=1S/C22H18N2O2S/c1-2-26-18-13-9-15(10-14-18)21(25)23-17-11-7-16(8-12-17)22-24-19-5-3-4-6-20(19)27-22/h3-14H,2H2,1H3,(H,23,25). The van der Waals surface area contributed by atoms with Crippen LogP contribution in [0.4, 0.5) is 5.69 Å². The minimum atomic E-state index is -0.147. The molecule has 4 nitrogen and oxygen atoms in total. The molecule has 0 unspecified atom stereocenters. The van der Waals surface area contributed by atoms with E-state index < -0.39 is 0 Å². The van der Waals surface area contributed by atoms with Gasteiger partial charge in [0.05, 0.1) is 16.8 Å². The van der Waals surface area contributed by atoms with Gasteiger partial charge >= 0.3 is 0 Å². The molecule has 0 saturated heterocycles. The first-order valence-electron chi connectivity index (χ1n) is 8.73. The normalized spacial score (nSPS) is 10.7. The van der Waals surface area contributed by atoms with Gasteiger partial charge in [-0.2, -0.15) is 0 Å². The maximum absolute atomic E-state index is 12.4. The molecule has 134 valence electrons. The van der Waals surface area contributed by atoms with E-state index >= 15 is 0 Å². The Balaban J connectivity index is 1.47. The molecule has 3 aromatic carbocycles. The summed E-state index contributed by atoms with van der Waals surface area (Å²) in [5.41, 5.74) is 3.38. The van der Waals surface area contributed by atoms with Crippen LogP contribution < -0.4 is 10.1 Å². The maximum Gasteiger partial charge on any atom is 0.255 e. The van der Waals surface area contributed by atoms with Gasteiger partial charge in [-0.25, -0.2) is 4.98 Å². The van der Waals surface area contributed by atoms with Crippen molar-refractivity contribution in [2.45, 2.75) is 6.92 Å². The lowest BCUT2D eigenvalue weighted by atomic mass is 10.2. The van der Waals surface area contributed by atoms with Crippen LogP contribution in [0.3, 0.4) is 0 Å². The van der Waals surface area contributed by atoms with Gasteiger partial charge in [0.25, 0.3) is 5.91 Å². The number of hydrogen-bond donors (Lipinski definition) is 1. The number of carbonyl (C=O) groups excluding carboxylic acids is 1. The highest BCUT2D eigenvalue weighted by molar-refractivity contribution is 7.21. The number of rotatable bonds is 5. The van der Waals surface area contributed by atoms with Crippen molar-refractivity contribution in [3.8, 4) is 16.3 Å². The summed E-state index contributed by atoms with van der Waals surface area (Å²) < 4.78 is 6.57. The number of para-hydroxylation sites is 1. The van der Waals surface area contributed by atoms with Crippen LogP contribution in [0, 0.1) is 0 Å². The molecule has 0 aliphatic carbocycles. The predicted molar refractivity (Wildman–Crippen MR) is 111 cm³/mol. The highest BCUT2D eigenvalue weighted by Gasteiger charge is 2.08. The molecule has 0 radical (unpaired) electrons. The third-order valence-electron chi connectivity index (χ3n) is 4.11. The van der Waals surface area contributed by atoms with Crippen LogP contribution >= 0.6 is 11.3 Å². The van der Waals surface area contributed by atoms with Crippen molar-refractivity contribution in [1.29, 1.82) is 0 Å². The minimum absolute atomic E-state index is 0.147. The first kappa shape index (κ1) is 17.2. The van der Waals surface area contributed by atoms with Crippen molar-refractivity contribution < 1.29 is 9.53 Å². The number of aromatic nitrogens is 1. The van der Waals surface area contributed by atoms with Crippen LogP contribution in [-0.4, -0.2) is 17.5 Å². The molecule has 0 bridgehead atoms. The number of fused-ring (bicyclic) bond motifs is 1. The number of nitrogens with zero attached hydrogens (tertiary/aromatic N) is 1. The average molecular weight is 374 g/mol. The van der Waals surface area contributed by atoms with Crippen LogP contribution in [0.2, 0.25) is 0 Å². The maximum atomic E-state index is 12.4. The highest BCUT2D eigenvalue weighted by Crippen LogP contribution is 2.30. The molecule has 4 rings (SSSR count). The number of thiazole rings is 1. The van der Waals surface area contributed by atoms with Crippen molar-refractivity contribution in [2.24, 2.45) is 0 Å². The fourth-order valence-electron chi connectivity index (χ4n) is 2.76. The van der Waals surface area contributed by atoms with Crippen molar-refractivity contribution in [2.75, 3.05) is 11.9 Å². The summed E-state index contributed by atoms with van der Waals surface area (Å²) in [6.45, 7) is 2.53. The first-order valence-corrected chi connectivity index (χ1v) is 9.55. The van der Waals surface area contributed by atoms with E-state index in [1.165, 1.54) is 4.70 Å². The van der Waals surface area contributed by atoms with Gasteiger partial charge in [-0.3, -0.25) is 4.79 Å². The van der Waals surface area contributed by atoms with Gasteiger partial charge in [-0.15, -0.1) is 11.3 Å². The molecule has 1 amide bonds. The molecule has 5 heteroatoms. The van der Waals surface area contributed by atoms with E-state index in [4.69, 9.17) is 4.74 Å². The third-order valence-corrected chi connectivity index (χ3v) is 5.20. The highest BCUT2D eigenvalue weighted by atomic mass is 32.1. The molecule has 27 heavy (non-hydrogen) atoms. The van der Waals surface area contributed by atoms with E-state index in [2.05, 4.69) is 16.4 Å². The largest absolute Gasteiger partial charge is 0.494 e. The number of anilines is 1. The molecule has 0 spiro atoms. The van der Waals surface area contributed by atoms with Gasteiger partial charge in [0.1, 0.15) is 10.8 Å². The summed E-state index contributed by atoms with van der Waals surface area (Å²) in [6.07, 6.45) is 0. The Morgan fingerprint density at radius 2 is 1.74 bits per heavy atom. The Hall–Kier alpha value is -3.18. The summed E-state index contributed by atoms with van der Waals surface area (Å²) in [5, 5.41) is 3.89. The molecule has 4 aromatic rings. The minimum Gasteiger partial charge on any atom is -0.494 e. The van der Waals surface area contributed by atoms with Gasteiger partial charge in [0, 0.05) is 16.8 Å². The lowest BCUT2D eigenvalue weighted by Crippen LogP contribution is -2.11. The second kappa shape index (κ2) is 7.60. The number of benzene rings is 3. The van der Waals surface area contributed by atoms with E-state index in [9.17, 15) is 4.79 Å². The Morgan fingerprint density at radius 1 is 1.00 bits per heavy atom. The second-order valence-electron chi connectivity index (χ2n) is 5.98. The van der Waals surface area contributed by atoms with Crippen molar-refractivity contribution in [3.63, 3.8) is 0 Å². The summed E-state index contributed by atoms with van der Waals surface area (Å²) in [6, 6.07) is 23.0. The van der Waals surface area contributed by atoms with Crippen molar-refractivity contribution in [1.82, 2.24) is 4.98 Å². The molecular weight excluding hydrogens is 356 g/mol. The zero-order chi connectivity index (χ0) is 18.6. The summed E-state index contributed by atoms with van der Waals surface area (Å²) >= 11 is 1.66. The molecule has 0 fully saturated rings. The van der Waals surface area contributed by atoms with Crippen molar-refractivity contribution >= 4 is 33.1 Å². The van der Waals surface area contributed by atoms with Gasteiger partial charge in [0.15, 0.2) is 0 Å². The summed E-state index contributed by atoms with van der Waals surface area (Å²) in [4.78, 5) is 17.1. The third kappa shape index (κ3) is 3.83. The summed E-state index contributed by atoms with van der Waals surface area (Å²) in [7, 11) is 0. The number of nitrogens with one attached hydrogen (secondary N) is 1. The SMILES string of the molecule is CCOc1ccc(C(=O)Nc2ccc(-c3nc4ccccc4s3)cc2)cc1. The molecule has 0 aliphatic heterocycles. The van der Waals surface area contributed by atoms with E-state index in [0.29, 0.717) is 12.2 Å². The topological polar surface area (TPSA) is 51.2 Å². The van der Waals surface area contributed by atoms with Crippen LogP contribution in [0.25, 0.3) is 20.8 Å². The lowest BCUT2D eigenvalue weighted by Gasteiger charge is -2.07. The second-order valence-corrected chi connectivity index (χ2v) is 7.01. The van der Waals surface area contributed by atoms with Gasteiger partial charge in [-0.1, -0.05) is 12.1 Å². The number of hydrogen-bond acceptors (Lipinski definition) is 4. The molecular formula is C22H18N2O2S. The Morgan fingerprint density at radius 3 is 2.44 bits per heavy atom. The van der Waals surface area contributed by atoms with Gasteiger partial charge < -0.3 is 10.1 Å².